The number of nitrogens with zero attached hydrogens (tertiary/aromatic N) is 1. The van der Waals surface area contributed by atoms with Crippen molar-refractivity contribution in [1.82, 2.24) is 5.32 Å². The van der Waals surface area contributed by atoms with Crippen LogP contribution < -0.4 is 11.1 Å². The molecule has 0 aromatic heterocycles. The molecular weight excluding hydrogens is 138 g/mol. The van der Waals surface area contributed by atoms with Crippen molar-refractivity contribution >= 4 is 5.91 Å². The zero-order valence-corrected chi connectivity index (χ0v) is 4.96. The van der Waals surface area contributed by atoms with Gasteiger partial charge >= 0.3 is 0 Å². The van der Waals surface area contributed by atoms with E-state index in [4.69, 9.17) is 5.73 Å². The Morgan fingerprint density at radius 1 is 1.70 bits per heavy atom. The van der Waals surface area contributed by atoms with Crippen molar-refractivity contribution in [3.63, 3.8) is 0 Å². The number of nitrogens with one attached hydrogen (secondary N) is 1. The highest BCUT2D eigenvalue weighted by Gasteiger charge is 2.28. The van der Waals surface area contributed by atoms with Crippen LogP contribution in [0.15, 0.2) is 11.5 Å². The Balaban J connectivity index is 2.86. The van der Waals surface area contributed by atoms with E-state index in [-0.39, 0.29) is 17.9 Å². The van der Waals surface area contributed by atoms with Crippen molar-refractivity contribution < 1.29 is 9.72 Å². The number of nitro groups is 1. The Labute approximate surface area is 55.8 Å². The van der Waals surface area contributed by atoms with Crippen LogP contribution in [0.2, 0.25) is 0 Å². The summed E-state index contributed by atoms with van der Waals surface area (Å²) in [6.45, 7) is 0. The van der Waals surface area contributed by atoms with Crippen LogP contribution in [0.5, 0.6) is 0 Å². The van der Waals surface area contributed by atoms with E-state index < -0.39 is 10.8 Å². The second kappa shape index (κ2) is 1.98. The fourth-order valence-corrected chi connectivity index (χ4v) is 0.677. The first-order valence-electron chi connectivity index (χ1n) is 2.54. The molecule has 1 aliphatic rings. The maximum Gasteiger partial charge on any atom is 0.295 e. The fourth-order valence-electron chi connectivity index (χ4n) is 0.677. The quantitative estimate of drug-likeness (QED) is 0.360. The van der Waals surface area contributed by atoms with Gasteiger partial charge in [0.1, 0.15) is 6.42 Å². The second-order valence-electron chi connectivity index (χ2n) is 1.84. The fraction of sp³-hybridized carbons (Fsp3) is 0.250. The molecule has 0 unspecified atom stereocenters. The smallest absolute Gasteiger partial charge is 0.295 e. The van der Waals surface area contributed by atoms with Crippen LogP contribution in [-0.2, 0) is 4.79 Å². The summed E-state index contributed by atoms with van der Waals surface area (Å²) in [6, 6.07) is 0. The van der Waals surface area contributed by atoms with Crippen molar-refractivity contribution in [2.45, 2.75) is 6.42 Å². The molecule has 1 heterocycles. The Morgan fingerprint density at radius 2 is 2.30 bits per heavy atom. The third kappa shape index (κ3) is 0.903. The van der Waals surface area contributed by atoms with E-state index in [1.807, 2.05) is 0 Å². The van der Waals surface area contributed by atoms with Crippen molar-refractivity contribution in [3.8, 4) is 0 Å². The number of amides is 1. The lowest BCUT2D eigenvalue weighted by Crippen LogP contribution is -2.20. The van der Waals surface area contributed by atoms with Crippen molar-refractivity contribution in [1.29, 1.82) is 0 Å². The summed E-state index contributed by atoms with van der Waals surface area (Å²) in [5.74, 6) is -0.570. The average molecular weight is 143 g/mol. The Bertz CT molecular complexity index is 232. The molecule has 0 aliphatic carbocycles. The molecule has 1 amide bonds. The molecule has 1 rings (SSSR count). The van der Waals surface area contributed by atoms with Gasteiger partial charge in [-0.25, -0.2) is 0 Å². The van der Waals surface area contributed by atoms with E-state index in [1.54, 1.807) is 0 Å². The van der Waals surface area contributed by atoms with Gasteiger partial charge in [0.15, 0.2) is 5.82 Å². The number of carbonyl (C=O) groups excluding carboxylic acids is 1. The average Bonchev–Trinajstić information content (AvgIpc) is 2.10. The molecule has 0 bridgehead atoms. The highest BCUT2D eigenvalue weighted by atomic mass is 16.6. The third-order valence-corrected chi connectivity index (χ3v) is 1.13. The number of nitrogens with two attached hydrogens (primary N) is 1. The van der Waals surface area contributed by atoms with Gasteiger partial charge in [-0.2, -0.15) is 0 Å². The molecular formula is C4H5N3O3. The minimum absolute atomic E-state index is 0.144. The van der Waals surface area contributed by atoms with Crippen LogP contribution in [0.1, 0.15) is 6.42 Å². The lowest BCUT2D eigenvalue weighted by molar-refractivity contribution is -0.427. The second-order valence-corrected chi connectivity index (χ2v) is 1.84. The van der Waals surface area contributed by atoms with Crippen LogP contribution in [0.3, 0.4) is 0 Å². The summed E-state index contributed by atoms with van der Waals surface area (Å²) in [4.78, 5) is 19.8. The monoisotopic (exact) mass is 143 g/mol. The topological polar surface area (TPSA) is 98.3 Å². The van der Waals surface area contributed by atoms with Gasteiger partial charge in [-0.15, -0.1) is 0 Å². The number of hydrogen-bond acceptors (Lipinski definition) is 4. The number of hydrogen-bond donors (Lipinski definition) is 2. The number of carbonyl (C=O) groups is 1. The van der Waals surface area contributed by atoms with Gasteiger partial charge in [-0.05, 0) is 0 Å². The SMILES string of the molecule is NC1=C([N+](=O)[O-])CC(=O)N1. The molecule has 54 valence electrons. The summed E-state index contributed by atoms with van der Waals surface area (Å²) in [7, 11) is 0. The van der Waals surface area contributed by atoms with Gasteiger partial charge in [0.05, 0.1) is 4.92 Å². The molecule has 0 aromatic rings. The molecule has 0 atom stereocenters. The molecule has 0 saturated carbocycles. The van der Waals surface area contributed by atoms with Gasteiger partial charge in [0.25, 0.3) is 5.70 Å². The minimum atomic E-state index is -0.659. The largest absolute Gasteiger partial charge is 0.380 e. The maximum atomic E-state index is 10.4. The zero-order valence-electron chi connectivity index (χ0n) is 4.96. The predicted octanol–water partition coefficient (Wildman–Crippen LogP) is -1.09. The molecule has 1 aliphatic heterocycles. The molecule has 0 saturated heterocycles. The Hall–Kier alpha value is -1.59. The van der Waals surface area contributed by atoms with Crippen LogP contribution in [0.4, 0.5) is 0 Å². The van der Waals surface area contributed by atoms with E-state index in [9.17, 15) is 14.9 Å². The first kappa shape index (κ1) is 6.53. The first-order valence-corrected chi connectivity index (χ1v) is 2.54. The molecule has 6 nitrogen and oxygen atoms in total. The van der Waals surface area contributed by atoms with Crippen LogP contribution >= 0.6 is 0 Å². The molecule has 6 heteroatoms. The number of rotatable bonds is 1. The summed E-state index contributed by atoms with van der Waals surface area (Å²) >= 11 is 0. The zero-order chi connectivity index (χ0) is 7.72. The predicted molar refractivity (Wildman–Crippen MR) is 31.0 cm³/mol. The summed E-state index contributed by atoms with van der Waals surface area (Å²) in [5, 5.41) is 12.2. The van der Waals surface area contributed by atoms with E-state index in [0.717, 1.165) is 0 Å². The first-order chi connectivity index (χ1) is 4.61. The highest BCUT2D eigenvalue weighted by molar-refractivity contribution is 5.82. The van der Waals surface area contributed by atoms with Gasteiger partial charge < -0.3 is 11.1 Å². The van der Waals surface area contributed by atoms with E-state index >= 15 is 0 Å². The molecule has 10 heavy (non-hydrogen) atoms. The molecule has 0 radical (unpaired) electrons. The van der Waals surface area contributed by atoms with Gasteiger partial charge in [0, 0.05) is 0 Å². The lowest BCUT2D eigenvalue weighted by Gasteiger charge is -1.88. The molecule has 0 fully saturated rings. The summed E-state index contributed by atoms with van der Waals surface area (Å²) < 4.78 is 0. The van der Waals surface area contributed by atoms with Crippen molar-refractivity contribution in [2.24, 2.45) is 5.73 Å². The normalized spacial score (nSPS) is 17.4. The van der Waals surface area contributed by atoms with E-state index in [0.29, 0.717) is 0 Å². The van der Waals surface area contributed by atoms with Gasteiger partial charge in [-0.1, -0.05) is 0 Å². The maximum absolute atomic E-state index is 10.4. The van der Waals surface area contributed by atoms with E-state index in [2.05, 4.69) is 5.32 Å². The highest BCUT2D eigenvalue weighted by Crippen LogP contribution is 2.09. The van der Waals surface area contributed by atoms with Crippen molar-refractivity contribution in [3.05, 3.63) is 21.6 Å². The van der Waals surface area contributed by atoms with Crippen molar-refractivity contribution in [2.75, 3.05) is 0 Å². The summed E-state index contributed by atoms with van der Waals surface area (Å²) in [6.07, 6.45) is -0.223. The molecule has 0 aromatic carbocycles. The molecule has 0 spiro atoms. The Kier molecular flexibility index (Phi) is 1.29. The van der Waals surface area contributed by atoms with Gasteiger partial charge in [-0.3, -0.25) is 14.9 Å². The van der Waals surface area contributed by atoms with E-state index in [1.165, 1.54) is 0 Å². The van der Waals surface area contributed by atoms with Gasteiger partial charge in [0.2, 0.25) is 5.91 Å². The lowest BCUT2D eigenvalue weighted by atomic mass is 10.4. The standard InChI is InChI=1S/C4H5N3O3/c5-4-2(7(9)10)1-3(8)6-4/h1,5H2,(H,6,8). The molecule has 3 N–H and O–H groups in total. The Morgan fingerprint density at radius 3 is 2.50 bits per heavy atom. The minimum Gasteiger partial charge on any atom is -0.380 e. The van der Waals surface area contributed by atoms with Crippen LogP contribution in [0, 0.1) is 10.1 Å². The van der Waals surface area contributed by atoms with Crippen LogP contribution in [0.25, 0.3) is 0 Å². The summed E-state index contributed by atoms with van der Waals surface area (Å²) in [5.41, 5.74) is 4.83. The third-order valence-electron chi connectivity index (χ3n) is 1.13. The van der Waals surface area contributed by atoms with Crippen LogP contribution in [-0.4, -0.2) is 10.8 Å².